The van der Waals surface area contributed by atoms with Gasteiger partial charge in [0.15, 0.2) is 0 Å². The molecule has 1 heterocycles. The van der Waals surface area contributed by atoms with Crippen molar-refractivity contribution in [1.82, 2.24) is 9.97 Å². The van der Waals surface area contributed by atoms with Crippen LogP contribution in [-0.4, -0.2) is 21.3 Å². The summed E-state index contributed by atoms with van der Waals surface area (Å²) in [6.07, 6.45) is -3.34. The number of thiocarbonyl (C=S) groups is 1. The van der Waals surface area contributed by atoms with Crippen LogP contribution in [0.1, 0.15) is 5.69 Å². The number of halogens is 3. The van der Waals surface area contributed by atoms with E-state index in [1.54, 1.807) is 0 Å². The maximum atomic E-state index is 12.0. The number of hydrogen-bond donors (Lipinski definition) is 1. The molecule has 1 aromatic carbocycles. The molecule has 110 valence electrons. The second-order valence-corrected chi connectivity index (χ2v) is 4.15. The van der Waals surface area contributed by atoms with E-state index in [1.807, 2.05) is 0 Å². The van der Waals surface area contributed by atoms with Crippen molar-refractivity contribution in [3.63, 3.8) is 0 Å². The summed E-state index contributed by atoms with van der Waals surface area (Å²) in [6.45, 7) is 0. The van der Waals surface area contributed by atoms with Crippen LogP contribution < -0.4 is 15.2 Å². The van der Waals surface area contributed by atoms with Gasteiger partial charge in [0.2, 0.25) is 0 Å². The van der Waals surface area contributed by atoms with Gasteiger partial charge in [-0.05, 0) is 30.3 Å². The van der Waals surface area contributed by atoms with Gasteiger partial charge >= 0.3 is 12.4 Å². The molecule has 0 unspecified atom stereocenters. The minimum absolute atomic E-state index is 0.0233. The van der Waals surface area contributed by atoms with Gasteiger partial charge in [-0.1, -0.05) is 12.2 Å². The van der Waals surface area contributed by atoms with E-state index in [4.69, 9.17) is 22.7 Å². The number of hydrogen-bond acceptors (Lipinski definition) is 5. The van der Waals surface area contributed by atoms with Crippen molar-refractivity contribution >= 4 is 17.2 Å². The molecule has 0 aliphatic rings. The Morgan fingerprint density at radius 2 is 1.71 bits per heavy atom. The van der Waals surface area contributed by atoms with Crippen molar-refractivity contribution in [2.45, 2.75) is 6.36 Å². The monoisotopic (exact) mass is 315 g/mol. The fraction of sp³-hybridized carbons (Fsp3) is 0.0833. The third kappa shape index (κ3) is 4.56. The zero-order chi connectivity index (χ0) is 15.5. The van der Waals surface area contributed by atoms with E-state index in [0.717, 1.165) is 12.1 Å². The van der Waals surface area contributed by atoms with Gasteiger partial charge in [0.25, 0.3) is 0 Å². The van der Waals surface area contributed by atoms with E-state index < -0.39 is 6.36 Å². The first-order valence-electron chi connectivity index (χ1n) is 5.50. The van der Waals surface area contributed by atoms with Crippen molar-refractivity contribution in [2.24, 2.45) is 5.73 Å². The van der Waals surface area contributed by atoms with Crippen LogP contribution in [0.5, 0.6) is 17.5 Å². The molecule has 0 spiro atoms. The molecule has 2 rings (SSSR count). The first kappa shape index (κ1) is 15.0. The molecule has 0 amide bonds. The van der Waals surface area contributed by atoms with Crippen molar-refractivity contribution in [3.8, 4) is 17.5 Å². The molecule has 0 aliphatic heterocycles. The number of nitrogens with two attached hydrogens (primary N) is 1. The van der Waals surface area contributed by atoms with Crippen LogP contribution in [0.25, 0.3) is 0 Å². The van der Waals surface area contributed by atoms with E-state index in [-0.39, 0.29) is 22.5 Å². The average Bonchev–Trinajstić information content (AvgIpc) is 2.40. The number of alkyl halides is 3. The normalized spacial score (nSPS) is 11.0. The number of ether oxygens (including phenoxy) is 2. The van der Waals surface area contributed by atoms with Crippen molar-refractivity contribution in [1.29, 1.82) is 0 Å². The molecule has 2 N–H and O–H groups in total. The third-order valence-electron chi connectivity index (χ3n) is 2.15. The smallest absolute Gasteiger partial charge is 0.424 e. The zero-order valence-electron chi connectivity index (χ0n) is 10.3. The maximum absolute atomic E-state index is 12.0. The molecule has 2 aromatic rings. The number of nitrogens with zero attached hydrogens (tertiary/aromatic N) is 2. The molecule has 0 saturated carbocycles. The Balaban J connectivity index is 2.10. The second kappa shape index (κ2) is 5.92. The van der Waals surface area contributed by atoms with E-state index >= 15 is 0 Å². The largest absolute Gasteiger partial charge is 0.573 e. The minimum Gasteiger partial charge on any atom is -0.424 e. The molecule has 5 nitrogen and oxygen atoms in total. The van der Waals surface area contributed by atoms with Crippen LogP contribution >= 0.6 is 12.2 Å². The summed E-state index contributed by atoms with van der Waals surface area (Å²) in [5.41, 5.74) is 5.74. The highest BCUT2D eigenvalue weighted by Crippen LogP contribution is 2.26. The van der Waals surface area contributed by atoms with Crippen molar-refractivity contribution < 1.29 is 22.6 Å². The Morgan fingerprint density at radius 1 is 1.10 bits per heavy atom. The molecule has 0 saturated heterocycles. The minimum atomic E-state index is -4.74. The number of benzene rings is 1. The van der Waals surface area contributed by atoms with Gasteiger partial charge in [-0.2, -0.15) is 4.98 Å². The lowest BCUT2D eigenvalue weighted by molar-refractivity contribution is -0.274. The van der Waals surface area contributed by atoms with Gasteiger partial charge in [0, 0.05) is 6.20 Å². The maximum Gasteiger partial charge on any atom is 0.573 e. The van der Waals surface area contributed by atoms with Crippen LogP contribution in [0.3, 0.4) is 0 Å². The van der Waals surface area contributed by atoms with Crippen LogP contribution in [0.4, 0.5) is 13.2 Å². The lowest BCUT2D eigenvalue weighted by atomic mass is 10.3. The predicted molar refractivity (Wildman–Crippen MR) is 71.1 cm³/mol. The first-order chi connectivity index (χ1) is 9.83. The predicted octanol–water partition coefficient (Wildman–Crippen LogP) is 2.80. The summed E-state index contributed by atoms with van der Waals surface area (Å²) in [7, 11) is 0. The molecular weight excluding hydrogens is 307 g/mol. The molecule has 0 bridgehead atoms. The lowest BCUT2D eigenvalue weighted by Crippen LogP contribution is -2.16. The van der Waals surface area contributed by atoms with Crippen molar-refractivity contribution in [3.05, 3.63) is 42.2 Å². The quantitative estimate of drug-likeness (QED) is 0.875. The zero-order valence-corrected chi connectivity index (χ0v) is 11.1. The summed E-state index contributed by atoms with van der Waals surface area (Å²) in [5.74, 6) is -0.114. The standard InChI is InChI=1S/C12H8F3N3O2S/c13-12(14,15)20-8-3-1-7(2-4-8)19-11-17-6-5-9(18-11)10(16)21/h1-6H,(H2,16,21). The van der Waals surface area contributed by atoms with Crippen LogP contribution in [-0.2, 0) is 0 Å². The lowest BCUT2D eigenvalue weighted by Gasteiger charge is -2.09. The molecule has 0 fully saturated rings. The molecule has 1 aromatic heterocycles. The molecular formula is C12H8F3N3O2S. The summed E-state index contributed by atoms with van der Waals surface area (Å²) < 4.78 is 45.1. The van der Waals surface area contributed by atoms with E-state index in [0.29, 0.717) is 5.69 Å². The number of rotatable bonds is 4. The summed E-state index contributed by atoms with van der Waals surface area (Å²) in [5, 5.41) is 0. The topological polar surface area (TPSA) is 70.3 Å². The van der Waals surface area contributed by atoms with Crippen LogP contribution in [0, 0.1) is 0 Å². The second-order valence-electron chi connectivity index (χ2n) is 3.71. The first-order valence-corrected chi connectivity index (χ1v) is 5.91. The van der Waals surface area contributed by atoms with Gasteiger partial charge in [-0.15, -0.1) is 13.2 Å². The van der Waals surface area contributed by atoms with Gasteiger partial charge in [0.05, 0.1) is 0 Å². The highest BCUT2D eigenvalue weighted by Gasteiger charge is 2.30. The summed E-state index contributed by atoms with van der Waals surface area (Å²) in [4.78, 5) is 7.86. The van der Waals surface area contributed by atoms with Gasteiger partial charge in [0.1, 0.15) is 22.2 Å². The van der Waals surface area contributed by atoms with Crippen molar-refractivity contribution in [2.75, 3.05) is 0 Å². The van der Waals surface area contributed by atoms with E-state index in [9.17, 15) is 13.2 Å². The Morgan fingerprint density at radius 3 is 2.29 bits per heavy atom. The molecule has 21 heavy (non-hydrogen) atoms. The fourth-order valence-electron chi connectivity index (χ4n) is 1.34. The fourth-order valence-corrected chi connectivity index (χ4v) is 1.46. The Hall–Kier alpha value is -2.42. The molecule has 0 atom stereocenters. The molecule has 0 aliphatic carbocycles. The van der Waals surface area contributed by atoms with Gasteiger partial charge in [-0.25, -0.2) is 4.98 Å². The SMILES string of the molecule is NC(=S)c1ccnc(Oc2ccc(OC(F)(F)F)cc2)n1. The highest BCUT2D eigenvalue weighted by atomic mass is 32.1. The third-order valence-corrected chi connectivity index (χ3v) is 2.36. The van der Waals surface area contributed by atoms with Crippen LogP contribution in [0.2, 0.25) is 0 Å². The average molecular weight is 315 g/mol. The Labute approximate surface area is 122 Å². The Bertz CT molecular complexity index is 647. The van der Waals surface area contributed by atoms with Crippen LogP contribution in [0.15, 0.2) is 36.5 Å². The molecule has 9 heteroatoms. The number of aromatic nitrogens is 2. The summed E-state index contributed by atoms with van der Waals surface area (Å²) >= 11 is 4.76. The Kier molecular flexibility index (Phi) is 4.22. The van der Waals surface area contributed by atoms with Gasteiger partial charge in [-0.3, -0.25) is 0 Å². The van der Waals surface area contributed by atoms with Gasteiger partial charge < -0.3 is 15.2 Å². The summed E-state index contributed by atoms with van der Waals surface area (Å²) in [6, 6.07) is 6.29. The highest BCUT2D eigenvalue weighted by molar-refractivity contribution is 7.80. The van der Waals surface area contributed by atoms with E-state index in [1.165, 1.54) is 24.4 Å². The molecule has 0 radical (unpaired) electrons. The van der Waals surface area contributed by atoms with E-state index in [2.05, 4.69) is 14.7 Å².